The van der Waals surface area contributed by atoms with Crippen molar-refractivity contribution < 1.29 is 13.5 Å². The standard InChI is InChI=1S/C9H11ClO3S/c1-7(11)6-14(12,13)9-5-3-2-4-8(9)10/h2-5,7,11H,6H2,1H3/t7-/m1/s1. The number of benzene rings is 1. The van der Waals surface area contributed by atoms with E-state index >= 15 is 0 Å². The fourth-order valence-electron chi connectivity index (χ4n) is 1.10. The van der Waals surface area contributed by atoms with Gasteiger partial charge >= 0.3 is 0 Å². The van der Waals surface area contributed by atoms with E-state index in [-0.39, 0.29) is 15.7 Å². The second-order valence-corrected chi connectivity index (χ2v) is 5.47. The summed E-state index contributed by atoms with van der Waals surface area (Å²) in [5.41, 5.74) is 0. The Morgan fingerprint density at radius 2 is 2.00 bits per heavy atom. The molecule has 0 aromatic heterocycles. The van der Waals surface area contributed by atoms with Crippen LogP contribution in [0.1, 0.15) is 6.92 Å². The van der Waals surface area contributed by atoms with Gasteiger partial charge in [0.15, 0.2) is 9.84 Å². The molecule has 0 saturated heterocycles. The topological polar surface area (TPSA) is 54.4 Å². The third-order valence-corrected chi connectivity index (χ3v) is 4.02. The van der Waals surface area contributed by atoms with Gasteiger partial charge in [0.05, 0.1) is 21.8 Å². The van der Waals surface area contributed by atoms with Crippen LogP contribution in [0, 0.1) is 0 Å². The highest BCUT2D eigenvalue weighted by Crippen LogP contribution is 2.21. The third-order valence-electron chi connectivity index (χ3n) is 1.63. The minimum Gasteiger partial charge on any atom is -0.392 e. The number of halogens is 1. The zero-order valence-corrected chi connectivity index (χ0v) is 9.22. The Morgan fingerprint density at radius 1 is 1.43 bits per heavy atom. The van der Waals surface area contributed by atoms with Gasteiger partial charge in [0.2, 0.25) is 0 Å². The summed E-state index contributed by atoms with van der Waals surface area (Å²) in [6.45, 7) is 1.42. The maximum Gasteiger partial charge on any atom is 0.182 e. The van der Waals surface area contributed by atoms with Crippen molar-refractivity contribution in [1.82, 2.24) is 0 Å². The molecule has 3 nitrogen and oxygen atoms in total. The molecule has 1 N–H and O–H groups in total. The van der Waals surface area contributed by atoms with E-state index < -0.39 is 15.9 Å². The first kappa shape index (κ1) is 11.5. The molecule has 0 heterocycles. The largest absolute Gasteiger partial charge is 0.392 e. The molecular formula is C9H11ClO3S. The van der Waals surface area contributed by atoms with Gasteiger partial charge in [-0.05, 0) is 19.1 Å². The molecule has 1 aromatic rings. The number of hydrogen-bond donors (Lipinski definition) is 1. The van der Waals surface area contributed by atoms with Crippen LogP contribution in [-0.4, -0.2) is 25.4 Å². The van der Waals surface area contributed by atoms with Crippen molar-refractivity contribution >= 4 is 21.4 Å². The molecule has 1 atom stereocenters. The van der Waals surface area contributed by atoms with E-state index in [9.17, 15) is 8.42 Å². The van der Waals surface area contributed by atoms with Crippen LogP contribution in [0.4, 0.5) is 0 Å². The fraction of sp³-hybridized carbons (Fsp3) is 0.333. The van der Waals surface area contributed by atoms with Crippen molar-refractivity contribution in [2.24, 2.45) is 0 Å². The van der Waals surface area contributed by atoms with Gasteiger partial charge in [-0.1, -0.05) is 23.7 Å². The lowest BCUT2D eigenvalue weighted by molar-refractivity contribution is 0.218. The monoisotopic (exact) mass is 234 g/mol. The molecule has 0 amide bonds. The Morgan fingerprint density at radius 3 is 2.50 bits per heavy atom. The van der Waals surface area contributed by atoms with Crippen LogP contribution in [-0.2, 0) is 9.84 Å². The second kappa shape index (κ2) is 4.29. The van der Waals surface area contributed by atoms with Gasteiger partial charge in [0.1, 0.15) is 0 Å². The van der Waals surface area contributed by atoms with Crippen molar-refractivity contribution in [1.29, 1.82) is 0 Å². The van der Waals surface area contributed by atoms with E-state index in [2.05, 4.69) is 0 Å². The maximum atomic E-state index is 11.6. The quantitative estimate of drug-likeness (QED) is 0.862. The number of hydrogen-bond acceptors (Lipinski definition) is 3. The van der Waals surface area contributed by atoms with Gasteiger partial charge < -0.3 is 5.11 Å². The van der Waals surface area contributed by atoms with Gasteiger partial charge in [-0.3, -0.25) is 0 Å². The summed E-state index contributed by atoms with van der Waals surface area (Å²) in [6, 6.07) is 6.20. The second-order valence-electron chi connectivity index (χ2n) is 3.06. The van der Waals surface area contributed by atoms with Crippen molar-refractivity contribution in [3.63, 3.8) is 0 Å². The number of rotatable bonds is 3. The van der Waals surface area contributed by atoms with Crippen molar-refractivity contribution in [3.8, 4) is 0 Å². The highest BCUT2D eigenvalue weighted by atomic mass is 35.5. The first-order valence-electron chi connectivity index (χ1n) is 4.09. The number of aliphatic hydroxyl groups is 1. The lowest BCUT2D eigenvalue weighted by atomic mass is 10.4. The lowest BCUT2D eigenvalue weighted by Gasteiger charge is -2.07. The summed E-state index contributed by atoms with van der Waals surface area (Å²) in [5.74, 6) is -0.309. The average molecular weight is 235 g/mol. The van der Waals surface area contributed by atoms with Crippen LogP contribution in [0.25, 0.3) is 0 Å². The minimum absolute atomic E-state index is 0.0718. The third kappa shape index (κ3) is 2.70. The Labute approximate surface area is 88.2 Å². The molecule has 78 valence electrons. The predicted molar refractivity (Wildman–Crippen MR) is 55.2 cm³/mol. The van der Waals surface area contributed by atoms with E-state index in [1.807, 2.05) is 0 Å². The first-order valence-corrected chi connectivity index (χ1v) is 6.12. The molecule has 0 aliphatic rings. The highest BCUT2D eigenvalue weighted by Gasteiger charge is 2.19. The smallest absolute Gasteiger partial charge is 0.182 e. The molecule has 5 heteroatoms. The molecule has 0 aliphatic carbocycles. The van der Waals surface area contributed by atoms with Crippen molar-refractivity contribution in [2.45, 2.75) is 17.9 Å². The van der Waals surface area contributed by atoms with E-state index in [1.54, 1.807) is 12.1 Å². The summed E-state index contributed by atoms with van der Waals surface area (Å²) in [6.07, 6.45) is -0.892. The van der Waals surface area contributed by atoms with Crippen LogP contribution in [0.15, 0.2) is 29.2 Å². The molecule has 0 spiro atoms. The molecule has 0 fully saturated rings. The van der Waals surface area contributed by atoms with Gasteiger partial charge in [0.25, 0.3) is 0 Å². The molecule has 0 unspecified atom stereocenters. The predicted octanol–water partition coefficient (Wildman–Crippen LogP) is 1.49. The molecular weight excluding hydrogens is 224 g/mol. The van der Waals surface area contributed by atoms with Crippen LogP contribution in [0.3, 0.4) is 0 Å². The summed E-state index contributed by atoms with van der Waals surface area (Å²) in [4.78, 5) is 0.0718. The molecule has 1 aromatic carbocycles. The van der Waals surface area contributed by atoms with E-state index in [0.717, 1.165) is 0 Å². The normalized spacial score (nSPS) is 13.9. The van der Waals surface area contributed by atoms with Crippen LogP contribution in [0.2, 0.25) is 5.02 Å². The van der Waals surface area contributed by atoms with E-state index in [4.69, 9.17) is 16.7 Å². The van der Waals surface area contributed by atoms with Crippen LogP contribution in [0.5, 0.6) is 0 Å². The lowest BCUT2D eigenvalue weighted by Crippen LogP contribution is -2.17. The zero-order valence-electron chi connectivity index (χ0n) is 7.64. The highest BCUT2D eigenvalue weighted by molar-refractivity contribution is 7.91. The molecule has 14 heavy (non-hydrogen) atoms. The van der Waals surface area contributed by atoms with Gasteiger partial charge in [-0.15, -0.1) is 0 Å². The van der Waals surface area contributed by atoms with Gasteiger partial charge in [0, 0.05) is 0 Å². The molecule has 0 saturated carbocycles. The summed E-state index contributed by atoms with van der Waals surface area (Å²) in [7, 11) is -3.47. The SMILES string of the molecule is C[C@@H](O)CS(=O)(=O)c1ccccc1Cl. The number of sulfone groups is 1. The Balaban J connectivity index is 3.11. The Bertz CT molecular complexity index is 412. The maximum absolute atomic E-state index is 11.6. The Kier molecular flexibility index (Phi) is 3.53. The first-order chi connectivity index (χ1) is 6.43. The molecule has 1 rings (SSSR count). The van der Waals surface area contributed by atoms with E-state index in [1.165, 1.54) is 19.1 Å². The Hall–Kier alpha value is -0.580. The fourth-order valence-corrected chi connectivity index (χ4v) is 3.06. The van der Waals surface area contributed by atoms with Crippen molar-refractivity contribution in [3.05, 3.63) is 29.3 Å². The summed E-state index contributed by atoms with van der Waals surface area (Å²) < 4.78 is 23.2. The minimum atomic E-state index is -3.47. The average Bonchev–Trinajstić information content (AvgIpc) is 2.02. The molecule has 0 aliphatic heterocycles. The summed E-state index contributed by atoms with van der Waals surface area (Å²) >= 11 is 5.73. The van der Waals surface area contributed by atoms with Gasteiger partial charge in [-0.25, -0.2) is 8.42 Å². The van der Waals surface area contributed by atoms with Gasteiger partial charge in [-0.2, -0.15) is 0 Å². The van der Waals surface area contributed by atoms with Crippen LogP contribution >= 0.6 is 11.6 Å². The van der Waals surface area contributed by atoms with Crippen LogP contribution < -0.4 is 0 Å². The van der Waals surface area contributed by atoms with E-state index in [0.29, 0.717) is 0 Å². The molecule has 0 bridgehead atoms. The summed E-state index contributed by atoms with van der Waals surface area (Å²) in [5, 5.41) is 9.21. The number of aliphatic hydroxyl groups excluding tert-OH is 1. The zero-order chi connectivity index (χ0) is 10.8. The van der Waals surface area contributed by atoms with Crippen molar-refractivity contribution in [2.75, 3.05) is 5.75 Å². The molecule has 0 radical (unpaired) electrons.